The van der Waals surface area contributed by atoms with Crippen LogP contribution in [0.5, 0.6) is 23.0 Å². The topological polar surface area (TPSA) is 105 Å². The Kier molecular flexibility index (Phi) is 7.92. The summed E-state index contributed by atoms with van der Waals surface area (Å²) in [6.45, 7) is 20.0. The van der Waals surface area contributed by atoms with Gasteiger partial charge in [-0.2, -0.15) is 0 Å². The summed E-state index contributed by atoms with van der Waals surface area (Å²) in [6.07, 6.45) is 0. The molecule has 0 aliphatic carbocycles. The van der Waals surface area contributed by atoms with Crippen molar-refractivity contribution < 1.29 is 38.1 Å². The van der Waals surface area contributed by atoms with Crippen LogP contribution in [0.4, 0.5) is 0 Å². The van der Waals surface area contributed by atoms with Crippen LogP contribution in [0.15, 0.2) is 72.9 Å². The van der Waals surface area contributed by atoms with Crippen LogP contribution < -0.4 is 18.9 Å². The Hall–Kier alpha value is -4.46. The maximum Gasteiger partial charge on any atom is 0.338 e. The van der Waals surface area contributed by atoms with Crippen LogP contribution in [0.1, 0.15) is 27.7 Å². The standard InChI is InChI=1S/C26H24O8/c1-13(2)23(27)31-19-11-9-18-17(21(19)33-25(29)15(5)6)10-12-20(32-24(28)14(3)4)22(18)34-26(30)16(7)8/h9-12H,1,3,5,7H2,2,4,6,8H3. The van der Waals surface area contributed by atoms with Crippen LogP contribution in [-0.4, -0.2) is 23.9 Å². The first-order chi connectivity index (χ1) is 15.8. The maximum absolute atomic E-state index is 12.3. The molecule has 0 spiro atoms. The number of hydrogen-bond donors (Lipinski definition) is 0. The Morgan fingerprint density at radius 3 is 1.03 bits per heavy atom. The van der Waals surface area contributed by atoms with Crippen molar-refractivity contribution in [3.8, 4) is 23.0 Å². The van der Waals surface area contributed by atoms with E-state index in [0.29, 0.717) is 0 Å². The number of carbonyl (C=O) groups is 4. The molecule has 0 unspecified atom stereocenters. The molecule has 34 heavy (non-hydrogen) atoms. The highest BCUT2D eigenvalue weighted by Crippen LogP contribution is 2.44. The zero-order valence-corrected chi connectivity index (χ0v) is 19.4. The van der Waals surface area contributed by atoms with E-state index in [4.69, 9.17) is 18.9 Å². The second kappa shape index (κ2) is 10.4. The maximum atomic E-state index is 12.3. The average molecular weight is 464 g/mol. The molecule has 2 aromatic carbocycles. The van der Waals surface area contributed by atoms with Gasteiger partial charge in [-0.15, -0.1) is 0 Å². The Morgan fingerprint density at radius 1 is 0.500 bits per heavy atom. The second-order valence-electron chi connectivity index (χ2n) is 7.56. The lowest BCUT2D eigenvalue weighted by Gasteiger charge is -2.17. The summed E-state index contributed by atoms with van der Waals surface area (Å²) in [4.78, 5) is 48.9. The molecule has 2 aromatic rings. The molecule has 0 amide bonds. The molecule has 0 saturated heterocycles. The highest BCUT2D eigenvalue weighted by Gasteiger charge is 2.24. The largest absolute Gasteiger partial charge is 0.419 e. The summed E-state index contributed by atoms with van der Waals surface area (Å²) in [6, 6.07) is 5.58. The zero-order valence-electron chi connectivity index (χ0n) is 19.4. The van der Waals surface area contributed by atoms with Crippen molar-refractivity contribution in [3.05, 3.63) is 72.9 Å². The number of fused-ring (bicyclic) bond motifs is 1. The average Bonchev–Trinajstić information content (AvgIpc) is 2.75. The Morgan fingerprint density at radius 2 is 0.765 bits per heavy atom. The van der Waals surface area contributed by atoms with E-state index in [0.717, 1.165) is 0 Å². The Bertz CT molecular complexity index is 1180. The molecule has 8 heteroatoms. The normalized spacial score (nSPS) is 10.1. The van der Waals surface area contributed by atoms with Gasteiger partial charge < -0.3 is 18.9 Å². The van der Waals surface area contributed by atoms with Gasteiger partial charge in [0.05, 0.1) is 0 Å². The second-order valence-corrected chi connectivity index (χ2v) is 7.56. The third-order valence-corrected chi connectivity index (χ3v) is 4.22. The van der Waals surface area contributed by atoms with Gasteiger partial charge in [-0.1, -0.05) is 26.3 Å². The molecular weight excluding hydrogens is 440 g/mol. The SMILES string of the molecule is C=C(C)C(=O)Oc1ccc2c(OC(=O)C(=C)C)c(OC(=O)C(=C)C)ccc2c1OC(=O)C(=C)C. The van der Waals surface area contributed by atoms with Crippen molar-refractivity contribution in [2.75, 3.05) is 0 Å². The fraction of sp³-hybridized carbons (Fsp3) is 0.154. The molecule has 0 heterocycles. The Labute approximate surface area is 196 Å². The summed E-state index contributed by atoms with van der Waals surface area (Å²) in [5.41, 5.74) is 0.427. The molecule has 8 nitrogen and oxygen atoms in total. The number of esters is 4. The van der Waals surface area contributed by atoms with Crippen molar-refractivity contribution in [3.63, 3.8) is 0 Å². The van der Waals surface area contributed by atoms with Crippen LogP contribution in [0.2, 0.25) is 0 Å². The van der Waals surface area contributed by atoms with Gasteiger partial charge in [-0.3, -0.25) is 0 Å². The minimum Gasteiger partial charge on any atom is -0.419 e. The highest BCUT2D eigenvalue weighted by molar-refractivity contribution is 6.03. The molecule has 0 aliphatic heterocycles. The minimum atomic E-state index is -0.779. The number of ether oxygens (including phenoxy) is 4. The van der Waals surface area contributed by atoms with E-state index in [1.54, 1.807) is 0 Å². The third-order valence-electron chi connectivity index (χ3n) is 4.22. The van der Waals surface area contributed by atoms with E-state index in [2.05, 4.69) is 26.3 Å². The fourth-order valence-corrected chi connectivity index (χ4v) is 2.42. The molecule has 0 N–H and O–H groups in total. The molecule has 0 radical (unpaired) electrons. The van der Waals surface area contributed by atoms with E-state index in [-0.39, 0.29) is 56.1 Å². The minimum absolute atomic E-state index is 0.0843. The predicted molar refractivity (Wildman–Crippen MR) is 126 cm³/mol. The van der Waals surface area contributed by atoms with Crippen molar-refractivity contribution in [1.82, 2.24) is 0 Å². The lowest BCUT2D eigenvalue weighted by molar-refractivity contribution is -0.132. The molecule has 0 atom stereocenters. The summed E-state index contributed by atoms with van der Waals surface area (Å²) < 4.78 is 21.5. The summed E-state index contributed by atoms with van der Waals surface area (Å²) in [7, 11) is 0. The van der Waals surface area contributed by atoms with E-state index in [1.807, 2.05) is 0 Å². The third kappa shape index (κ3) is 5.86. The first kappa shape index (κ1) is 25.8. The molecule has 0 bridgehead atoms. The summed E-state index contributed by atoms with van der Waals surface area (Å²) >= 11 is 0. The lowest BCUT2D eigenvalue weighted by Crippen LogP contribution is -2.14. The highest BCUT2D eigenvalue weighted by atomic mass is 16.6. The monoisotopic (exact) mass is 464 g/mol. The number of hydrogen-bond acceptors (Lipinski definition) is 8. The molecule has 0 aromatic heterocycles. The van der Waals surface area contributed by atoms with Crippen molar-refractivity contribution >= 4 is 34.6 Å². The summed E-state index contributed by atoms with van der Waals surface area (Å²) in [5.74, 6) is -3.48. The predicted octanol–water partition coefficient (Wildman–Crippen LogP) is 4.77. The lowest BCUT2D eigenvalue weighted by atomic mass is 10.1. The van der Waals surface area contributed by atoms with Crippen molar-refractivity contribution in [1.29, 1.82) is 0 Å². The zero-order chi connectivity index (χ0) is 25.7. The Balaban J connectivity index is 2.82. The number of rotatable bonds is 8. The smallest absolute Gasteiger partial charge is 0.338 e. The van der Waals surface area contributed by atoms with E-state index in [9.17, 15) is 19.2 Å². The molecule has 2 rings (SSSR count). The van der Waals surface area contributed by atoms with Crippen LogP contribution in [-0.2, 0) is 19.2 Å². The first-order valence-electron chi connectivity index (χ1n) is 9.94. The van der Waals surface area contributed by atoms with Crippen LogP contribution in [0.25, 0.3) is 10.8 Å². The fourth-order valence-electron chi connectivity index (χ4n) is 2.42. The van der Waals surface area contributed by atoms with E-state index in [1.165, 1.54) is 52.0 Å². The molecule has 0 fully saturated rings. The van der Waals surface area contributed by atoms with Crippen LogP contribution in [0, 0.1) is 0 Å². The van der Waals surface area contributed by atoms with Gasteiger partial charge in [0.1, 0.15) is 0 Å². The van der Waals surface area contributed by atoms with Gasteiger partial charge in [0.2, 0.25) is 0 Å². The van der Waals surface area contributed by atoms with Gasteiger partial charge in [0, 0.05) is 33.1 Å². The number of benzene rings is 2. The molecule has 0 aliphatic rings. The first-order valence-corrected chi connectivity index (χ1v) is 9.94. The quantitative estimate of drug-likeness (QED) is 0.313. The van der Waals surface area contributed by atoms with Crippen LogP contribution in [0.3, 0.4) is 0 Å². The number of carbonyl (C=O) groups excluding carboxylic acids is 4. The van der Waals surface area contributed by atoms with E-state index >= 15 is 0 Å². The van der Waals surface area contributed by atoms with Gasteiger partial charge in [-0.25, -0.2) is 19.2 Å². The molecule has 176 valence electrons. The van der Waals surface area contributed by atoms with Gasteiger partial charge in [0.15, 0.2) is 23.0 Å². The summed E-state index contributed by atoms with van der Waals surface area (Å²) in [5, 5.41) is 0.447. The van der Waals surface area contributed by atoms with Crippen molar-refractivity contribution in [2.24, 2.45) is 0 Å². The van der Waals surface area contributed by atoms with Crippen LogP contribution >= 0.6 is 0 Å². The molecular formula is C26H24O8. The van der Waals surface area contributed by atoms with Gasteiger partial charge >= 0.3 is 23.9 Å². The van der Waals surface area contributed by atoms with Gasteiger partial charge in [0.25, 0.3) is 0 Å². The molecule has 0 saturated carbocycles. The van der Waals surface area contributed by atoms with Gasteiger partial charge in [-0.05, 0) is 52.0 Å². The van der Waals surface area contributed by atoms with E-state index < -0.39 is 23.9 Å². The van der Waals surface area contributed by atoms with Crippen molar-refractivity contribution in [2.45, 2.75) is 27.7 Å².